The fourth-order valence-corrected chi connectivity index (χ4v) is 3.04. The van der Waals surface area contributed by atoms with E-state index in [1.54, 1.807) is 24.3 Å². The van der Waals surface area contributed by atoms with Gasteiger partial charge in [-0.1, -0.05) is 29.8 Å². The standard InChI is InChI=1S/C17H20ClNO3S/c18-14-6-8-17(9-7-14)23(21)11-10-19-12-15(20)13-22-16-4-2-1-3-5-16/h1-9,15,19-20H,10-13H2/t15-,23+/m1/s1. The molecule has 0 saturated heterocycles. The van der Waals surface area contributed by atoms with E-state index in [2.05, 4.69) is 5.32 Å². The molecule has 0 heterocycles. The van der Waals surface area contributed by atoms with Crippen LogP contribution in [0.25, 0.3) is 0 Å². The van der Waals surface area contributed by atoms with Gasteiger partial charge in [-0.3, -0.25) is 4.21 Å². The molecule has 2 aromatic rings. The van der Waals surface area contributed by atoms with Gasteiger partial charge in [0.05, 0.1) is 10.8 Å². The summed E-state index contributed by atoms with van der Waals surface area (Å²) in [7, 11) is -1.07. The largest absolute Gasteiger partial charge is 0.491 e. The van der Waals surface area contributed by atoms with E-state index in [0.717, 1.165) is 10.6 Å². The molecule has 0 fully saturated rings. The summed E-state index contributed by atoms with van der Waals surface area (Å²) in [6.45, 7) is 1.17. The molecule has 2 aromatic carbocycles. The fourth-order valence-electron chi connectivity index (χ4n) is 1.91. The van der Waals surface area contributed by atoms with Gasteiger partial charge in [0, 0.05) is 28.8 Å². The summed E-state index contributed by atoms with van der Waals surface area (Å²) in [4.78, 5) is 0.754. The number of rotatable bonds is 9. The van der Waals surface area contributed by atoms with E-state index in [1.165, 1.54) is 0 Å². The molecule has 0 unspecified atom stereocenters. The average molecular weight is 354 g/mol. The molecule has 0 amide bonds. The molecule has 0 spiro atoms. The number of para-hydroxylation sites is 1. The minimum atomic E-state index is -1.07. The number of aliphatic hydroxyl groups is 1. The van der Waals surface area contributed by atoms with Crippen LogP contribution in [0.2, 0.25) is 5.02 Å². The first-order valence-corrected chi connectivity index (χ1v) is 9.05. The van der Waals surface area contributed by atoms with Gasteiger partial charge in [0.1, 0.15) is 18.5 Å². The lowest BCUT2D eigenvalue weighted by Crippen LogP contribution is -2.33. The fraction of sp³-hybridized carbons (Fsp3) is 0.294. The van der Waals surface area contributed by atoms with Gasteiger partial charge in [-0.15, -0.1) is 0 Å². The maximum absolute atomic E-state index is 12.1. The lowest BCUT2D eigenvalue weighted by Gasteiger charge is -2.13. The molecule has 2 N–H and O–H groups in total. The third kappa shape index (κ3) is 6.71. The Hall–Kier alpha value is -1.40. The van der Waals surface area contributed by atoms with Crippen molar-refractivity contribution in [3.63, 3.8) is 0 Å². The van der Waals surface area contributed by atoms with E-state index in [4.69, 9.17) is 16.3 Å². The third-order valence-corrected chi connectivity index (χ3v) is 4.73. The van der Waals surface area contributed by atoms with Crippen molar-refractivity contribution < 1.29 is 14.1 Å². The number of hydrogen-bond donors (Lipinski definition) is 2. The number of nitrogens with one attached hydrogen (secondary N) is 1. The molecule has 6 heteroatoms. The Bertz CT molecular complexity index is 607. The summed E-state index contributed by atoms with van der Waals surface area (Å²) < 4.78 is 17.5. The highest BCUT2D eigenvalue weighted by molar-refractivity contribution is 7.85. The van der Waals surface area contributed by atoms with Crippen molar-refractivity contribution in [2.24, 2.45) is 0 Å². The van der Waals surface area contributed by atoms with Crippen LogP contribution in [0.3, 0.4) is 0 Å². The van der Waals surface area contributed by atoms with Gasteiger partial charge in [-0.2, -0.15) is 0 Å². The Morgan fingerprint density at radius 3 is 2.52 bits per heavy atom. The molecule has 0 radical (unpaired) electrons. The van der Waals surface area contributed by atoms with Gasteiger partial charge in [0.2, 0.25) is 0 Å². The maximum atomic E-state index is 12.1. The Morgan fingerprint density at radius 1 is 1.13 bits per heavy atom. The predicted octanol–water partition coefficient (Wildman–Crippen LogP) is 2.48. The summed E-state index contributed by atoms with van der Waals surface area (Å²) >= 11 is 5.80. The van der Waals surface area contributed by atoms with Gasteiger partial charge >= 0.3 is 0 Å². The second-order valence-electron chi connectivity index (χ2n) is 4.99. The smallest absolute Gasteiger partial charge is 0.119 e. The first-order chi connectivity index (χ1) is 11.1. The SMILES string of the molecule is O=[S@@](CCNC[C@@H](O)COc1ccccc1)c1ccc(Cl)cc1. The summed E-state index contributed by atoms with van der Waals surface area (Å²) in [6, 6.07) is 16.3. The summed E-state index contributed by atoms with van der Waals surface area (Å²) in [5.41, 5.74) is 0. The van der Waals surface area contributed by atoms with Crippen molar-refractivity contribution in [2.75, 3.05) is 25.4 Å². The molecule has 0 aliphatic rings. The Labute approximate surface area is 143 Å². The zero-order valence-corrected chi connectivity index (χ0v) is 14.2. The van der Waals surface area contributed by atoms with Crippen LogP contribution in [0.15, 0.2) is 59.5 Å². The van der Waals surface area contributed by atoms with E-state index < -0.39 is 16.9 Å². The van der Waals surface area contributed by atoms with Gasteiger partial charge < -0.3 is 15.2 Å². The van der Waals surface area contributed by atoms with E-state index in [9.17, 15) is 9.32 Å². The second kappa shape index (κ2) is 9.67. The zero-order chi connectivity index (χ0) is 16.5. The van der Waals surface area contributed by atoms with Crippen LogP contribution >= 0.6 is 11.6 Å². The highest BCUT2D eigenvalue weighted by atomic mass is 35.5. The maximum Gasteiger partial charge on any atom is 0.119 e. The lowest BCUT2D eigenvalue weighted by atomic mass is 10.3. The first kappa shape index (κ1) is 17.9. The lowest BCUT2D eigenvalue weighted by molar-refractivity contribution is 0.107. The van der Waals surface area contributed by atoms with E-state index in [-0.39, 0.29) is 6.61 Å². The molecule has 23 heavy (non-hydrogen) atoms. The van der Waals surface area contributed by atoms with E-state index in [0.29, 0.717) is 23.9 Å². The average Bonchev–Trinajstić information content (AvgIpc) is 2.58. The second-order valence-corrected chi connectivity index (χ2v) is 6.99. The summed E-state index contributed by atoms with van der Waals surface area (Å²) in [5.74, 6) is 1.21. The molecular formula is C17H20ClNO3S. The normalized spacial score (nSPS) is 13.5. The van der Waals surface area contributed by atoms with Gasteiger partial charge in [0.25, 0.3) is 0 Å². The minimum absolute atomic E-state index is 0.220. The van der Waals surface area contributed by atoms with Crippen molar-refractivity contribution in [1.29, 1.82) is 0 Å². The van der Waals surface area contributed by atoms with Crippen molar-refractivity contribution >= 4 is 22.4 Å². The van der Waals surface area contributed by atoms with Crippen LogP contribution in [0.4, 0.5) is 0 Å². The molecule has 0 aliphatic carbocycles. The Balaban J connectivity index is 1.61. The number of benzene rings is 2. The molecule has 2 rings (SSSR count). The highest BCUT2D eigenvalue weighted by Crippen LogP contribution is 2.12. The molecule has 0 bridgehead atoms. The van der Waals surface area contributed by atoms with Crippen molar-refractivity contribution in [2.45, 2.75) is 11.0 Å². The van der Waals surface area contributed by atoms with Crippen LogP contribution in [0.5, 0.6) is 5.75 Å². The molecule has 0 aliphatic heterocycles. The van der Waals surface area contributed by atoms with E-state index in [1.807, 2.05) is 30.3 Å². The van der Waals surface area contributed by atoms with Gasteiger partial charge in [0.15, 0.2) is 0 Å². The predicted molar refractivity (Wildman–Crippen MR) is 93.5 cm³/mol. The van der Waals surface area contributed by atoms with Crippen LogP contribution in [0, 0.1) is 0 Å². The molecule has 0 aromatic heterocycles. The summed E-state index contributed by atoms with van der Waals surface area (Å²) in [6.07, 6.45) is -0.612. The van der Waals surface area contributed by atoms with Gasteiger partial charge in [-0.25, -0.2) is 0 Å². The molecule has 124 valence electrons. The summed E-state index contributed by atoms with van der Waals surface area (Å²) in [5, 5.41) is 13.6. The van der Waals surface area contributed by atoms with Crippen LogP contribution in [0.1, 0.15) is 0 Å². The molecular weight excluding hydrogens is 334 g/mol. The number of halogens is 1. The minimum Gasteiger partial charge on any atom is -0.491 e. The number of hydrogen-bond acceptors (Lipinski definition) is 4. The van der Waals surface area contributed by atoms with Crippen molar-refractivity contribution in [1.82, 2.24) is 5.32 Å². The van der Waals surface area contributed by atoms with E-state index >= 15 is 0 Å². The Kier molecular flexibility index (Phi) is 7.55. The number of aliphatic hydroxyl groups excluding tert-OH is 1. The molecule has 2 atom stereocenters. The van der Waals surface area contributed by atoms with Crippen LogP contribution < -0.4 is 10.1 Å². The Morgan fingerprint density at radius 2 is 1.83 bits per heavy atom. The van der Waals surface area contributed by atoms with Gasteiger partial charge in [-0.05, 0) is 36.4 Å². The zero-order valence-electron chi connectivity index (χ0n) is 12.7. The first-order valence-electron chi connectivity index (χ1n) is 7.36. The number of ether oxygens (including phenoxy) is 1. The van der Waals surface area contributed by atoms with Crippen molar-refractivity contribution in [3.8, 4) is 5.75 Å². The highest BCUT2D eigenvalue weighted by Gasteiger charge is 2.07. The van der Waals surface area contributed by atoms with Crippen molar-refractivity contribution in [3.05, 3.63) is 59.6 Å². The van der Waals surface area contributed by atoms with Crippen LogP contribution in [-0.4, -0.2) is 40.9 Å². The molecule has 0 saturated carbocycles. The topological polar surface area (TPSA) is 58.6 Å². The monoisotopic (exact) mass is 353 g/mol. The van der Waals surface area contributed by atoms with Crippen LogP contribution in [-0.2, 0) is 10.8 Å². The quantitative estimate of drug-likeness (QED) is 0.680. The molecule has 4 nitrogen and oxygen atoms in total. The third-order valence-electron chi connectivity index (χ3n) is 3.11.